The third kappa shape index (κ3) is 2.92. The molecule has 0 fully saturated rings. The molecule has 5 heteroatoms. The summed E-state index contributed by atoms with van der Waals surface area (Å²) in [5, 5.41) is 0.924. The van der Waals surface area contributed by atoms with Crippen LogP contribution < -0.4 is 15.2 Å². The largest absolute Gasteiger partial charge is 0.497 e. The second kappa shape index (κ2) is 5.61. The van der Waals surface area contributed by atoms with Crippen LogP contribution in [0.5, 0.6) is 17.2 Å². The van der Waals surface area contributed by atoms with Crippen molar-refractivity contribution < 1.29 is 9.47 Å². The molecule has 0 saturated heterocycles. The Morgan fingerprint density at radius 1 is 1.05 bits per heavy atom. The lowest BCUT2D eigenvalue weighted by Gasteiger charge is -2.11. The van der Waals surface area contributed by atoms with Crippen LogP contribution in [0.3, 0.4) is 0 Å². The molecule has 21 heavy (non-hydrogen) atoms. The van der Waals surface area contributed by atoms with E-state index in [-0.39, 0.29) is 0 Å². The van der Waals surface area contributed by atoms with Crippen molar-refractivity contribution in [1.82, 2.24) is 4.98 Å². The maximum absolute atomic E-state index is 5.95. The van der Waals surface area contributed by atoms with Crippen molar-refractivity contribution in [2.24, 2.45) is 0 Å². The number of halogens is 1. The first-order valence-electron chi connectivity index (χ1n) is 6.32. The fraction of sp³-hybridized carbons (Fsp3) is 0.0625. The first kappa shape index (κ1) is 13.7. The van der Waals surface area contributed by atoms with Crippen LogP contribution in [0.2, 0.25) is 0 Å². The summed E-state index contributed by atoms with van der Waals surface area (Å²) in [7, 11) is 1.59. The Bertz CT molecular complexity index is 805. The van der Waals surface area contributed by atoms with E-state index >= 15 is 0 Å². The zero-order chi connectivity index (χ0) is 14.8. The van der Waals surface area contributed by atoms with Crippen molar-refractivity contribution in [1.29, 1.82) is 0 Å². The van der Waals surface area contributed by atoms with Gasteiger partial charge in [-0.05, 0) is 24.3 Å². The molecule has 0 radical (unpaired) electrons. The van der Waals surface area contributed by atoms with Crippen LogP contribution in [0.4, 0.5) is 5.69 Å². The summed E-state index contributed by atoms with van der Waals surface area (Å²) in [5.74, 6) is 2.00. The first-order chi connectivity index (χ1) is 10.2. The van der Waals surface area contributed by atoms with Gasteiger partial charge in [-0.2, -0.15) is 0 Å². The predicted molar refractivity (Wildman–Crippen MR) is 86.9 cm³/mol. The lowest BCUT2D eigenvalue weighted by atomic mass is 10.2. The van der Waals surface area contributed by atoms with Gasteiger partial charge in [-0.15, -0.1) is 0 Å². The van der Waals surface area contributed by atoms with E-state index in [9.17, 15) is 0 Å². The maximum Gasteiger partial charge on any atom is 0.138 e. The Morgan fingerprint density at radius 3 is 2.67 bits per heavy atom. The topological polar surface area (TPSA) is 57.4 Å². The van der Waals surface area contributed by atoms with E-state index in [4.69, 9.17) is 15.2 Å². The van der Waals surface area contributed by atoms with Gasteiger partial charge >= 0.3 is 0 Å². The highest BCUT2D eigenvalue weighted by atomic mass is 79.9. The Kier molecular flexibility index (Phi) is 3.66. The number of anilines is 1. The predicted octanol–water partition coefficient (Wildman–Crippen LogP) is 4.38. The quantitative estimate of drug-likeness (QED) is 0.716. The van der Waals surface area contributed by atoms with Gasteiger partial charge in [0.05, 0.1) is 12.6 Å². The van der Waals surface area contributed by atoms with E-state index in [0.29, 0.717) is 22.9 Å². The average molecular weight is 345 g/mol. The monoisotopic (exact) mass is 344 g/mol. The Morgan fingerprint density at radius 2 is 1.86 bits per heavy atom. The number of rotatable bonds is 3. The number of benzene rings is 2. The van der Waals surface area contributed by atoms with Crippen LogP contribution in [-0.4, -0.2) is 12.1 Å². The fourth-order valence-electron chi connectivity index (χ4n) is 2.08. The molecule has 0 unspecified atom stereocenters. The minimum absolute atomic E-state index is 0.587. The summed E-state index contributed by atoms with van der Waals surface area (Å²) >= 11 is 3.46. The Hall–Kier alpha value is -2.27. The van der Waals surface area contributed by atoms with Gasteiger partial charge in [0.2, 0.25) is 0 Å². The molecule has 106 valence electrons. The van der Waals surface area contributed by atoms with Crippen molar-refractivity contribution in [2.75, 3.05) is 12.8 Å². The zero-order valence-electron chi connectivity index (χ0n) is 11.3. The van der Waals surface area contributed by atoms with E-state index < -0.39 is 0 Å². The Labute approximate surface area is 130 Å². The van der Waals surface area contributed by atoms with Crippen molar-refractivity contribution in [3.8, 4) is 17.2 Å². The third-order valence-electron chi connectivity index (χ3n) is 3.03. The molecule has 0 atom stereocenters. The summed E-state index contributed by atoms with van der Waals surface area (Å²) in [6.07, 6.45) is 1.72. The number of methoxy groups -OCH3 is 1. The van der Waals surface area contributed by atoms with E-state index in [1.54, 1.807) is 31.5 Å². The van der Waals surface area contributed by atoms with Gasteiger partial charge in [0.1, 0.15) is 17.2 Å². The normalized spacial score (nSPS) is 10.6. The van der Waals surface area contributed by atoms with Gasteiger partial charge in [0, 0.05) is 39.9 Å². The summed E-state index contributed by atoms with van der Waals surface area (Å²) < 4.78 is 12.1. The molecule has 1 aromatic heterocycles. The third-order valence-corrected chi connectivity index (χ3v) is 3.52. The molecule has 0 bridgehead atoms. The summed E-state index contributed by atoms with van der Waals surface area (Å²) in [6.45, 7) is 0. The Balaban J connectivity index is 2.05. The van der Waals surface area contributed by atoms with Gasteiger partial charge in [0.15, 0.2) is 0 Å². The molecule has 0 aliphatic carbocycles. The molecule has 0 aliphatic rings. The lowest BCUT2D eigenvalue weighted by Crippen LogP contribution is -1.92. The number of fused-ring (bicyclic) bond motifs is 1. The summed E-state index contributed by atoms with van der Waals surface area (Å²) in [6, 6.07) is 13.0. The van der Waals surface area contributed by atoms with E-state index in [1.807, 2.05) is 24.3 Å². The molecule has 4 nitrogen and oxygen atoms in total. The molecule has 3 aromatic rings. The molecular weight excluding hydrogens is 332 g/mol. The van der Waals surface area contributed by atoms with E-state index in [1.165, 1.54) is 0 Å². The molecule has 2 aromatic carbocycles. The SMILES string of the molecule is COc1cc(N)cc(Oc2ccnc3ccc(Br)cc23)c1. The van der Waals surface area contributed by atoms with Gasteiger partial charge in [0.25, 0.3) is 0 Å². The molecule has 0 amide bonds. The minimum atomic E-state index is 0.587. The number of hydrogen-bond acceptors (Lipinski definition) is 4. The standard InChI is InChI=1S/C16H13BrN2O2/c1-20-12-7-11(18)8-13(9-12)21-16-4-5-19-15-3-2-10(17)6-14(15)16/h2-9H,18H2,1H3. The highest BCUT2D eigenvalue weighted by Gasteiger charge is 2.07. The van der Waals surface area contributed by atoms with Crippen LogP contribution in [0.25, 0.3) is 10.9 Å². The number of aromatic nitrogens is 1. The van der Waals surface area contributed by atoms with Crippen LogP contribution in [0.15, 0.2) is 53.1 Å². The number of hydrogen-bond donors (Lipinski definition) is 1. The van der Waals surface area contributed by atoms with Crippen molar-refractivity contribution in [3.63, 3.8) is 0 Å². The number of pyridine rings is 1. The highest BCUT2D eigenvalue weighted by Crippen LogP contribution is 2.33. The molecular formula is C16H13BrN2O2. The summed E-state index contributed by atoms with van der Waals surface area (Å²) in [5.41, 5.74) is 7.30. The molecule has 0 saturated carbocycles. The highest BCUT2D eigenvalue weighted by molar-refractivity contribution is 9.10. The van der Waals surface area contributed by atoms with Crippen molar-refractivity contribution in [2.45, 2.75) is 0 Å². The second-order valence-corrected chi connectivity index (χ2v) is 5.43. The summed E-state index contributed by atoms with van der Waals surface area (Å²) in [4.78, 5) is 4.33. The molecule has 3 rings (SSSR count). The van der Waals surface area contributed by atoms with Crippen LogP contribution in [-0.2, 0) is 0 Å². The van der Waals surface area contributed by atoms with E-state index in [2.05, 4.69) is 20.9 Å². The second-order valence-electron chi connectivity index (χ2n) is 4.51. The van der Waals surface area contributed by atoms with E-state index in [0.717, 1.165) is 15.4 Å². The molecule has 1 heterocycles. The fourth-order valence-corrected chi connectivity index (χ4v) is 2.44. The van der Waals surface area contributed by atoms with Crippen LogP contribution >= 0.6 is 15.9 Å². The van der Waals surface area contributed by atoms with Gasteiger partial charge < -0.3 is 15.2 Å². The molecule has 2 N–H and O–H groups in total. The number of nitrogens with zero attached hydrogens (tertiary/aromatic N) is 1. The average Bonchev–Trinajstić information content (AvgIpc) is 2.47. The van der Waals surface area contributed by atoms with Crippen LogP contribution in [0, 0.1) is 0 Å². The van der Waals surface area contributed by atoms with Crippen molar-refractivity contribution in [3.05, 3.63) is 53.1 Å². The lowest BCUT2D eigenvalue weighted by molar-refractivity contribution is 0.409. The molecule has 0 spiro atoms. The maximum atomic E-state index is 5.95. The number of nitrogen functional groups attached to an aromatic ring is 1. The number of ether oxygens (including phenoxy) is 2. The van der Waals surface area contributed by atoms with Gasteiger partial charge in [-0.3, -0.25) is 4.98 Å². The van der Waals surface area contributed by atoms with Gasteiger partial charge in [-0.25, -0.2) is 0 Å². The van der Waals surface area contributed by atoms with Crippen molar-refractivity contribution >= 4 is 32.5 Å². The smallest absolute Gasteiger partial charge is 0.138 e. The molecule has 0 aliphatic heterocycles. The van der Waals surface area contributed by atoms with Gasteiger partial charge in [-0.1, -0.05) is 15.9 Å². The number of nitrogens with two attached hydrogens (primary N) is 1. The van der Waals surface area contributed by atoms with Crippen LogP contribution in [0.1, 0.15) is 0 Å². The first-order valence-corrected chi connectivity index (χ1v) is 7.12. The zero-order valence-corrected chi connectivity index (χ0v) is 12.9. The minimum Gasteiger partial charge on any atom is -0.497 e.